The normalized spacial score (nSPS) is 17.3. The fraction of sp³-hybridized carbons (Fsp3) is 0.160. The number of benzene rings is 3. The fourth-order valence-electron chi connectivity index (χ4n) is 4.39. The number of carbonyl (C=O) groups excluding carboxylic acids is 3. The summed E-state index contributed by atoms with van der Waals surface area (Å²) in [6.07, 6.45) is 1.13. The Hall–Kier alpha value is -3.73. The minimum Gasteiger partial charge on any atom is -0.309 e. The van der Waals surface area contributed by atoms with E-state index < -0.39 is 0 Å². The van der Waals surface area contributed by atoms with Crippen molar-refractivity contribution < 1.29 is 14.4 Å². The number of imide groups is 1. The molecule has 0 fully saturated rings. The molecule has 0 spiro atoms. The molecule has 0 saturated carbocycles. The number of para-hydroxylation sites is 1. The van der Waals surface area contributed by atoms with Gasteiger partial charge in [0.05, 0.1) is 23.2 Å². The van der Waals surface area contributed by atoms with Gasteiger partial charge in [-0.15, -0.1) is 0 Å². The van der Waals surface area contributed by atoms with Gasteiger partial charge in [-0.3, -0.25) is 14.4 Å². The zero-order valence-corrected chi connectivity index (χ0v) is 16.5. The Morgan fingerprint density at radius 2 is 1.47 bits per heavy atom. The van der Waals surface area contributed by atoms with Crippen molar-refractivity contribution >= 4 is 29.1 Å². The van der Waals surface area contributed by atoms with E-state index in [2.05, 4.69) is 13.0 Å². The molecular weight excluding hydrogens is 376 g/mol. The maximum Gasteiger partial charge on any atom is 0.266 e. The summed E-state index contributed by atoms with van der Waals surface area (Å²) < 4.78 is 0. The zero-order chi connectivity index (χ0) is 20.8. The highest BCUT2D eigenvalue weighted by Crippen LogP contribution is 2.33. The van der Waals surface area contributed by atoms with Crippen LogP contribution in [0.4, 0.5) is 11.4 Å². The van der Waals surface area contributed by atoms with Gasteiger partial charge < -0.3 is 4.90 Å². The molecule has 0 N–H and O–H groups in total. The first-order chi connectivity index (χ1) is 14.5. The van der Waals surface area contributed by atoms with Gasteiger partial charge >= 0.3 is 0 Å². The van der Waals surface area contributed by atoms with E-state index in [1.807, 2.05) is 35.2 Å². The van der Waals surface area contributed by atoms with Crippen molar-refractivity contribution in [1.82, 2.24) is 0 Å². The van der Waals surface area contributed by atoms with E-state index in [1.54, 1.807) is 36.4 Å². The smallest absolute Gasteiger partial charge is 0.266 e. The third-order valence-corrected chi connectivity index (χ3v) is 5.82. The fourth-order valence-corrected chi connectivity index (χ4v) is 4.39. The second kappa shape index (κ2) is 6.95. The minimum atomic E-state index is -0.318. The second-order valence-electron chi connectivity index (χ2n) is 7.78. The SMILES string of the molecule is CC1Cc2ccccc2N1C(=O)Cc1ccc(N2C(=O)c3ccccc3C2=O)cc1. The van der Waals surface area contributed by atoms with Crippen molar-refractivity contribution in [2.75, 3.05) is 9.80 Å². The molecule has 3 aromatic rings. The number of hydrogen-bond acceptors (Lipinski definition) is 3. The average molecular weight is 396 g/mol. The first-order valence-corrected chi connectivity index (χ1v) is 10.0. The Balaban J connectivity index is 1.35. The summed E-state index contributed by atoms with van der Waals surface area (Å²) in [6.45, 7) is 2.06. The summed E-state index contributed by atoms with van der Waals surface area (Å²) in [7, 11) is 0. The highest BCUT2D eigenvalue weighted by Gasteiger charge is 2.36. The van der Waals surface area contributed by atoms with Crippen LogP contribution in [-0.4, -0.2) is 23.8 Å². The lowest BCUT2D eigenvalue weighted by atomic mass is 10.1. The predicted octanol–water partition coefficient (Wildman–Crippen LogP) is 4.01. The summed E-state index contributed by atoms with van der Waals surface area (Å²) >= 11 is 0. The monoisotopic (exact) mass is 396 g/mol. The van der Waals surface area contributed by atoms with Crippen LogP contribution in [-0.2, 0) is 17.6 Å². The number of fused-ring (bicyclic) bond motifs is 2. The number of amides is 3. The zero-order valence-electron chi connectivity index (χ0n) is 16.5. The van der Waals surface area contributed by atoms with E-state index in [9.17, 15) is 14.4 Å². The van der Waals surface area contributed by atoms with Crippen LogP contribution < -0.4 is 9.80 Å². The highest BCUT2D eigenvalue weighted by atomic mass is 16.2. The maximum absolute atomic E-state index is 13.0. The van der Waals surface area contributed by atoms with Gasteiger partial charge in [-0.2, -0.15) is 0 Å². The molecule has 2 aliphatic rings. The van der Waals surface area contributed by atoms with Crippen LogP contribution >= 0.6 is 0 Å². The van der Waals surface area contributed by atoms with Gasteiger partial charge in [-0.25, -0.2) is 4.90 Å². The Bertz CT molecular complexity index is 1150. The standard InChI is InChI=1S/C25H20N2O3/c1-16-14-18-6-2-5-9-22(18)26(16)23(28)15-17-10-12-19(13-11-17)27-24(29)20-7-3-4-8-21(20)25(27)30/h2-13,16H,14-15H2,1H3. The summed E-state index contributed by atoms with van der Waals surface area (Å²) in [5, 5.41) is 0. The molecule has 5 nitrogen and oxygen atoms in total. The number of rotatable bonds is 3. The first kappa shape index (κ1) is 18.3. The van der Waals surface area contributed by atoms with Crippen molar-refractivity contribution in [3.8, 4) is 0 Å². The molecule has 0 saturated heterocycles. The van der Waals surface area contributed by atoms with E-state index in [4.69, 9.17) is 0 Å². The molecule has 1 unspecified atom stereocenters. The topological polar surface area (TPSA) is 57.7 Å². The molecule has 2 aliphatic heterocycles. The third-order valence-electron chi connectivity index (χ3n) is 5.82. The van der Waals surface area contributed by atoms with Gasteiger partial charge in [0, 0.05) is 11.7 Å². The summed E-state index contributed by atoms with van der Waals surface area (Å²) in [5.74, 6) is -0.593. The quantitative estimate of drug-likeness (QED) is 0.629. The second-order valence-corrected chi connectivity index (χ2v) is 7.78. The molecule has 3 aromatic carbocycles. The number of anilines is 2. The molecule has 30 heavy (non-hydrogen) atoms. The lowest BCUT2D eigenvalue weighted by Crippen LogP contribution is -2.36. The van der Waals surface area contributed by atoms with Crippen molar-refractivity contribution in [2.45, 2.75) is 25.8 Å². The summed E-state index contributed by atoms with van der Waals surface area (Å²) in [4.78, 5) is 41.3. The van der Waals surface area contributed by atoms with Gasteiger partial charge in [0.1, 0.15) is 0 Å². The van der Waals surface area contributed by atoms with E-state index in [1.165, 1.54) is 10.5 Å². The largest absolute Gasteiger partial charge is 0.309 e. The van der Waals surface area contributed by atoms with E-state index in [0.29, 0.717) is 16.8 Å². The van der Waals surface area contributed by atoms with Crippen LogP contribution in [0, 0.1) is 0 Å². The van der Waals surface area contributed by atoms with Crippen LogP contribution in [0.15, 0.2) is 72.8 Å². The highest BCUT2D eigenvalue weighted by molar-refractivity contribution is 6.34. The van der Waals surface area contributed by atoms with E-state index >= 15 is 0 Å². The molecular formula is C25H20N2O3. The van der Waals surface area contributed by atoms with Gasteiger partial charge in [0.2, 0.25) is 5.91 Å². The van der Waals surface area contributed by atoms with Crippen LogP contribution in [0.25, 0.3) is 0 Å². The maximum atomic E-state index is 13.0. The van der Waals surface area contributed by atoms with Gasteiger partial charge in [-0.05, 0) is 54.8 Å². The van der Waals surface area contributed by atoms with E-state index in [0.717, 1.165) is 17.7 Å². The minimum absolute atomic E-state index is 0.0425. The molecule has 148 valence electrons. The summed E-state index contributed by atoms with van der Waals surface area (Å²) in [5.41, 5.74) is 4.37. The molecule has 2 heterocycles. The number of carbonyl (C=O) groups is 3. The van der Waals surface area contributed by atoms with Crippen LogP contribution in [0.1, 0.15) is 38.8 Å². The Kier molecular flexibility index (Phi) is 4.24. The molecule has 0 aromatic heterocycles. The lowest BCUT2D eigenvalue weighted by Gasteiger charge is -2.23. The molecule has 0 radical (unpaired) electrons. The lowest BCUT2D eigenvalue weighted by molar-refractivity contribution is -0.118. The molecule has 5 rings (SSSR count). The summed E-state index contributed by atoms with van der Waals surface area (Å²) in [6, 6.07) is 22.0. The Labute approximate surface area is 174 Å². The molecule has 0 aliphatic carbocycles. The van der Waals surface area contributed by atoms with Crippen molar-refractivity contribution in [2.24, 2.45) is 0 Å². The average Bonchev–Trinajstić information content (AvgIpc) is 3.22. The predicted molar refractivity (Wildman–Crippen MR) is 115 cm³/mol. The van der Waals surface area contributed by atoms with Crippen molar-refractivity contribution in [1.29, 1.82) is 0 Å². The van der Waals surface area contributed by atoms with Crippen LogP contribution in [0.2, 0.25) is 0 Å². The Morgan fingerprint density at radius 1 is 0.867 bits per heavy atom. The third kappa shape index (κ3) is 2.82. The van der Waals surface area contributed by atoms with Crippen LogP contribution in [0.5, 0.6) is 0 Å². The van der Waals surface area contributed by atoms with Crippen LogP contribution in [0.3, 0.4) is 0 Å². The van der Waals surface area contributed by atoms with E-state index in [-0.39, 0.29) is 30.2 Å². The molecule has 3 amide bonds. The first-order valence-electron chi connectivity index (χ1n) is 10.0. The molecule has 0 bridgehead atoms. The number of nitrogens with zero attached hydrogens (tertiary/aromatic N) is 2. The van der Waals surface area contributed by atoms with Gasteiger partial charge in [-0.1, -0.05) is 42.5 Å². The number of hydrogen-bond donors (Lipinski definition) is 0. The Morgan fingerprint density at radius 3 is 2.13 bits per heavy atom. The van der Waals surface area contributed by atoms with Crippen molar-refractivity contribution in [3.05, 3.63) is 95.1 Å². The molecule has 5 heteroatoms. The van der Waals surface area contributed by atoms with Gasteiger partial charge in [0.25, 0.3) is 11.8 Å². The molecule has 1 atom stereocenters. The van der Waals surface area contributed by atoms with Gasteiger partial charge in [0.15, 0.2) is 0 Å². The van der Waals surface area contributed by atoms with Crippen molar-refractivity contribution in [3.63, 3.8) is 0 Å².